The lowest BCUT2D eigenvalue weighted by Crippen LogP contribution is -2.18. The van der Waals surface area contributed by atoms with E-state index in [2.05, 4.69) is 5.32 Å². The van der Waals surface area contributed by atoms with E-state index in [1.807, 2.05) is 0 Å². The zero-order chi connectivity index (χ0) is 21.0. The maximum Gasteiger partial charge on any atom is 0.416 e. The summed E-state index contributed by atoms with van der Waals surface area (Å²) < 4.78 is 48.9. The summed E-state index contributed by atoms with van der Waals surface area (Å²) in [6.45, 7) is 0.105. The van der Waals surface area contributed by atoms with Gasteiger partial charge in [0.2, 0.25) is 0 Å². The second-order valence-corrected chi connectivity index (χ2v) is 7.27. The van der Waals surface area contributed by atoms with Gasteiger partial charge >= 0.3 is 6.18 Å². The lowest BCUT2D eigenvalue weighted by Gasteiger charge is -2.12. The highest BCUT2D eigenvalue weighted by molar-refractivity contribution is 8.18. The second kappa shape index (κ2) is 8.79. The number of benzene rings is 2. The Hall–Kier alpha value is -2.65. The standard InChI is InChI=1S/C19H14ClF3N2O3S/c20-14-8-11(9-16-17(26)25-18(24)29-16)4-5-15(14)28-7-6-27-13-3-1-2-12(10-13)19(21,22)23/h1-5,8-10H,6-7H2,(H2,24,25,26)/b16-9-. The summed E-state index contributed by atoms with van der Waals surface area (Å²) in [6.07, 6.45) is -2.83. The van der Waals surface area contributed by atoms with Crippen molar-refractivity contribution in [2.24, 2.45) is 0 Å². The molecule has 0 atom stereocenters. The molecular weight excluding hydrogens is 429 g/mol. The number of alkyl halides is 3. The number of rotatable bonds is 6. The number of nitrogens with one attached hydrogen (secondary N) is 2. The van der Waals surface area contributed by atoms with Gasteiger partial charge in [-0.2, -0.15) is 13.2 Å². The van der Waals surface area contributed by atoms with Crippen molar-refractivity contribution in [1.29, 1.82) is 5.41 Å². The molecule has 1 aliphatic heterocycles. The average molecular weight is 443 g/mol. The molecule has 2 aromatic rings. The van der Waals surface area contributed by atoms with Crippen LogP contribution in [0.3, 0.4) is 0 Å². The van der Waals surface area contributed by atoms with Crippen molar-refractivity contribution < 1.29 is 27.4 Å². The normalized spacial score (nSPS) is 15.5. The van der Waals surface area contributed by atoms with Crippen LogP contribution in [0.1, 0.15) is 11.1 Å². The molecule has 0 bridgehead atoms. The van der Waals surface area contributed by atoms with Crippen LogP contribution in [0.5, 0.6) is 11.5 Å². The van der Waals surface area contributed by atoms with Crippen LogP contribution in [0.2, 0.25) is 5.02 Å². The first-order valence-electron chi connectivity index (χ1n) is 8.24. The number of ether oxygens (including phenoxy) is 2. The highest BCUT2D eigenvalue weighted by Crippen LogP contribution is 2.32. The van der Waals surface area contributed by atoms with Gasteiger partial charge in [0.05, 0.1) is 15.5 Å². The number of hydrogen-bond donors (Lipinski definition) is 2. The molecular formula is C19H14ClF3N2O3S. The minimum Gasteiger partial charge on any atom is -0.490 e. The van der Waals surface area contributed by atoms with Gasteiger partial charge in [-0.15, -0.1) is 0 Å². The maximum absolute atomic E-state index is 12.7. The van der Waals surface area contributed by atoms with Gasteiger partial charge in [0.25, 0.3) is 5.91 Å². The second-order valence-electron chi connectivity index (χ2n) is 5.81. The number of hydrogen-bond acceptors (Lipinski definition) is 5. The summed E-state index contributed by atoms with van der Waals surface area (Å²) in [4.78, 5) is 12.0. The molecule has 152 valence electrons. The minimum atomic E-state index is -4.43. The number of carbonyl (C=O) groups is 1. The Labute approximate surface area is 173 Å². The van der Waals surface area contributed by atoms with Gasteiger partial charge in [0, 0.05) is 0 Å². The largest absolute Gasteiger partial charge is 0.490 e. The molecule has 2 N–H and O–H groups in total. The van der Waals surface area contributed by atoms with E-state index in [4.69, 9.17) is 26.5 Å². The van der Waals surface area contributed by atoms with E-state index in [9.17, 15) is 18.0 Å². The summed E-state index contributed by atoms with van der Waals surface area (Å²) in [5.74, 6) is 0.121. The van der Waals surface area contributed by atoms with Crippen LogP contribution in [0.4, 0.5) is 13.2 Å². The van der Waals surface area contributed by atoms with E-state index in [1.165, 1.54) is 12.1 Å². The third-order valence-electron chi connectivity index (χ3n) is 3.69. The first kappa shape index (κ1) is 21.1. The highest BCUT2D eigenvalue weighted by atomic mass is 35.5. The molecule has 2 aromatic carbocycles. The van der Waals surface area contributed by atoms with Crippen LogP contribution in [0, 0.1) is 5.41 Å². The molecule has 3 rings (SSSR count). The molecule has 5 nitrogen and oxygen atoms in total. The molecule has 0 unspecified atom stereocenters. The van der Waals surface area contributed by atoms with Gasteiger partial charge in [0.1, 0.15) is 24.7 Å². The van der Waals surface area contributed by atoms with Crippen LogP contribution < -0.4 is 14.8 Å². The molecule has 0 spiro atoms. The van der Waals surface area contributed by atoms with Gasteiger partial charge in [-0.1, -0.05) is 23.7 Å². The minimum absolute atomic E-state index is 0.0301. The van der Waals surface area contributed by atoms with Crippen molar-refractivity contribution >= 4 is 40.5 Å². The number of amides is 1. The zero-order valence-corrected chi connectivity index (χ0v) is 16.3. The van der Waals surface area contributed by atoms with Gasteiger partial charge in [-0.05, 0) is 53.7 Å². The Morgan fingerprint density at radius 1 is 1.14 bits per heavy atom. The Balaban J connectivity index is 1.55. The van der Waals surface area contributed by atoms with E-state index in [0.29, 0.717) is 21.2 Å². The predicted molar refractivity (Wildman–Crippen MR) is 105 cm³/mol. The Morgan fingerprint density at radius 3 is 2.55 bits per heavy atom. The van der Waals surface area contributed by atoms with E-state index < -0.39 is 11.7 Å². The molecule has 29 heavy (non-hydrogen) atoms. The third-order valence-corrected chi connectivity index (χ3v) is 4.81. The molecule has 1 amide bonds. The highest BCUT2D eigenvalue weighted by Gasteiger charge is 2.30. The molecule has 0 aromatic heterocycles. The van der Waals surface area contributed by atoms with Crippen molar-refractivity contribution in [3.63, 3.8) is 0 Å². The summed E-state index contributed by atoms with van der Waals surface area (Å²) in [7, 11) is 0. The summed E-state index contributed by atoms with van der Waals surface area (Å²) in [5.41, 5.74) is -0.122. The number of thioether (sulfide) groups is 1. The monoisotopic (exact) mass is 442 g/mol. The fourth-order valence-corrected chi connectivity index (χ4v) is 3.34. The summed E-state index contributed by atoms with van der Waals surface area (Å²) in [6, 6.07) is 9.50. The quantitative estimate of drug-likeness (QED) is 0.490. The molecule has 0 radical (unpaired) electrons. The predicted octanol–water partition coefficient (Wildman–Crippen LogP) is 4.96. The number of carbonyl (C=O) groups excluding carboxylic acids is 1. The van der Waals surface area contributed by atoms with Crippen molar-refractivity contribution in [2.75, 3.05) is 13.2 Å². The van der Waals surface area contributed by atoms with Crippen LogP contribution in [0.25, 0.3) is 6.08 Å². The van der Waals surface area contributed by atoms with E-state index in [-0.39, 0.29) is 30.0 Å². The molecule has 10 heteroatoms. The lowest BCUT2D eigenvalue weighted by atomic mass is 10.2. The van der Waals surface area contributed by atoms with Crippen LogP contribution >= 0.6 is 23.4 Å². The Kier molecular flexibility index (Phi) is 6.39. The van der Waals surface area contributed by atoms with Crippen molar-refractivity contribution in [3.8, 4) is 11.5 Å². The zero-order valence-electron chi connectivity index (χ0n) is 14.7. The average Bonchev–Trinajstić information content (AvgIpc) is 2.97. The molecule has 1 heterocycles. The van der Waals surface area contributed by atoms with Crippen LogP contribution in [-0.4, -0.2) is 24.3 Å². The van der Waals surface area contributed by atoms with Gasteiger partial charge in [-0.3, -0.25) is 10.2 Å². The molecule has 1 saturated heterocycles. The van der Waals surface area contributed by atoms with Crippen LogP contribution in [0.15, 0.2) is 47.4 Å². The van der Waals surface area contributed by atoms with Gasteiger partial charge in [-0.25, -0.2) is 0 Å². The van der Waals surface area contributed by atoms with Gasteiger partial charge in [0.15, 0.2) is 5.17 Å². The number of amidine groups is 1. The molecule has 0 aliphatic carbocycles. The maximum atomic E-state index is 12.7. The molecule has 0 saturated carbocycles. The van der Waals surface area contributed by atoms with Gasteiger partial charge < -0.3 is 14.8 Å². The van der Waals surface area contributed by atoms with E-state index in [0.717, 1.165) is 23.9 Å². The Bertz CT molecular complexity index is 979. The first-order valence-corrected chi connectivity index (χ1v) is 9.44. The SMILES string of the molecule is N=C1NC(=O)/C(=C/c2ccc(OCCOc3cccc(C(F)(F)F)c3)c(Cl)c2)S1. The van der Waals surface area contributed by atoms with E-state index >= 15 is 0 Å². The van der Waals surface area contributed by atoms with E-state index in [1.54, 1.807) is 24.3 Å². The van der Waals surface area contributed by atoms with Crippen molar-refractivity contribution in [3.05, 3.63) is 63.5 Å². The molecule has 1 aliphatic rings. The summed E-state index contributed by atoms with van der Waals surface area (Å²) >= 11 is 7.20. The van der Waals surface area contributed by atoms with Crippen molar-refractivity contribution in [1.82, 2.24) is 5.32 Å². The topological polar surface area (TPSA) is 71.4 Å². The third kappa shape index (κ3) is 5.68. The first-order chi connectivity index (χ1) is 13.7. The summed E-state index contributed by atoms with van der Waals surface area (Å²) in [5, 5.41) is 10.2. The Morgan fingerprint density at radius 2 is 1.90 bits per heavy atom. The fourth-order valence-electron chi connectivity index (χ4n) is 2.39. The molecule has 1 fully saturated rings. The smallest absolute Gasteiger partial charge is 0.416 e. The van der Waals surface area contributed by atoms with Crippen LogP contribution in [-0.2, 0) is 11.0 Å². The number of halogens is 4. The van der Waals surface area contributed by atoms with Crippen molar-refractivity contribution in [2.45, 2.75) is 6.18 Å². The fraction of sp³-hybridized carbons (Fsp3) is 0.158. The lowest BCUT2D eigenvalue weighted by molar-refractivity contribution is -0.137.